The number of rotatable bonds is 7. The van der Waals surface area contributed by atoms with Gasteiger partial charge < -0.3 is 15.7 Å². The number of piperidine rings is 1. The summed E-state index contributed by atoms with van der Waals surface area (Å²) in [6, 6.07) is 2.01. The van der Waals surface area contributed by atoms with Crippen LogP contribution in [0, 0.1) is 11.6 Å². The van der Waals surface area contributed by atoms with Gasteiger partial charge in [-0.05, 0) is 56.1 Å². The summed E-state index contributed by atoms with van der Waals surface area (Å²) in [5.74, 6) is -2.00. The first-order valence-electron chi connectivity index (χ1n) is 11.4. The summed E-state index contributed by atoms with van der Waals surface area (Å²) in [5, 5.41) is 23.2. The van der Waals surface area contributed by atoms with Crippen LogP contribution < -0.4 is 16.3 Å². The number of aryl methyl sites for hydroxylation is 1. The number of phenols is 1. The lowest BCUT2D eigenvalue weighted by Gasteiger charge is -2.46. The predicted molar refractivity (Wildman–Crippen MR) is 126 cm³/mol. The number of nitrogens with zero attached hydrogens (tertiary/aromatic N) is 7. The molecule has 1 aliphatic rings. The molecule has 1 saturated heterocycles. The molecule has 3 aromatic rings. The molecule has 1 fully saturated rings. The lowest BCUT2D eigenvalue weighted by Crippen LogP contribution is -2.53. The third-order valence-electron chi connectivity index (χ3n) is 6.19. The molecule has 35 heavy (non-hydrogen) atoms. The van der Waals surface area contributed by atoms with Gasteiger partial charge in [0, 0.05) is 31.2 Å². The predicted octanol–water partition coefficient (Wildman–Crippen LogP) is 2.55. The lowest BCUT2D eigenvalue weighted by atomic mass is 9.87. The number of benzene rings is 1. The fourth-order valence-corrected chi connectivity index (χ4v) is 4.38. The topological polar surface area (TPSA) is 126 Å². The van der Waals surface area contributed by atoms with E-state index < -0.39 is 23.1 Å². The van der Waals surface area contributed by atoms with Crippen molar-refractivity contribution in [3.63, 3.8) is 0 Å². The Hall–Kier alpha value is -3.61. The van der Waals surface area contributed by atoms with Gasteiger partial charge in [0.05, 0.1) is 11.9 Å². The third-order valence-corrected chi connectivity index (χ3v) is 6.19. The molecular weight excluding hydrogens is 460 g/mol. The van der Waals surface area contributed by atoms with Crippen molar-refractivity contribution >= 4 is 17.5 Å². The molecule has 3 heterocycles. The molecule has 4 rings (SSSR count). The second kappa shape index (κ2) is 9.56. The molecule has 3 N–H and O–H groups in total. The Morgan fingerprint density at radius 3 is 2.66 bits per heavy atom. The first-order chi connectivity index (χ1) is 16.6. The molecule has 1 atom stereocenters. The van der Waals surface area contributed by atoms with Crippen molar-refractivity contribution in [2.24, 2.45) is 7.05 Å². The Morgan fingerprint density at radius 2 is 2.00 bits per heavy atom. The smallest absolute Gasteiger partial charge is 0.368 e. The second-order valence-electron chi connectivity index (χ2n) is 9.27. The lowest BCUT2D eigenvalue weighted by molar-refractivity contribution is 0.0708. The Kier molecular flexibility index (Phi) is 6.70. The number of likely N-dealkylation sites (tertiary alicyclic amines) is 1. The Labute approximate surface area is 200 Å². The number of aromatic nitrogens is 6. The number of hydrogen-bond acceptors (Lipinski definition) is 9. The monoisotopic (exact) mass is 489 g/mol. The minimum absolute atomic E-state index is 0.0101. The number of hydrogen-bond donors (Lipinski definition) is 3. The van der Waals surface area contributed by atoms with Crippen LogP contribution in [-0.2, 0) is 7.05 Å². The number of nitrogens with one attached hydrogen (secondary N) is 2. The molecule has 0 spiro atoms. The quantitative estimate of drug-likeness (QED) is 0.429. The minimum atomic E-state index is -0.823. The van der Waals surface area contributed by atoms with Crippen molar-refractivity contribution in [1.82, 2.24) is 34.7 Å². The normalized spacial score (nSPS) is 17.9. The molecule has 0 bridgehead atoms. The number of halogens is 2. The van der Waals surface area contributed by atoms with Crippen LogP contribution in [0.5, 0.6) is 5.75 Å². The zero-order chi connectivity index (χ0) is 25.3. The molecule has 0 radical (unpaired) electrons. The Bertz CT molecular complexity index is 1270. The van der Waals surface area contributed by atoms with Crippen molar-refractivity contribution < 1.29 is 13.9 Å². The van der Waals surface area contributed by atoms with E-state index in [1.807, 2.05) is 0 Å². The van der Waals surface area contributed by atoms with E-state index in [4.69, 9.17) is 0 Å². The van der Waals surface area contributed by atoms with E-state index >= 15 is 0 Å². The van der Waals surface area contributed by atoms with E-state index in [0.29, 0.717) is 0 Å². The molecule has 1 aromatic carbocycles. The number of anilines is 3. The van der Waals surface area contributed by atoms with Gasteiger partial charge in [0.2, 0.25) is 5.95 Å². The summed E-state index contributed by atoms with van der Waals surface area (Å²) in [6.45, 7) is 8.40. The highest BCUT2D eigenvalue weighted by atomic mass is 19.1. The van der Waals surface area contributed by atoms with Gasteiger partial charge in [0.1, 0.15) is 11.4 Å². The summed E-state index contributed by atoms with van der Waals surface area (Å²) in [6.07, 6.45) is 3.71. The summed E-state index contributed by atoms with van der Waals surface area (Å²) >= 11 is 0. The SMILES string of the molecule is CCCN1CC[C@@H](Nc2nc(Nc3cc(-n4nnn(C)c4=O)c(O)cc3F)ncc2F)CC1(C)C. The molecule has 13 heteroatoms. The standard InChI is InChI=1S/C22H29F2N9O2/c1-5-7-32-8-6-13(11-22(32,2)3)26-19-15(24)12-25-20(28-19)27-16-10-17(18(34)9-14(16)23)33-21(35)31(4)29-30-33/h9-10,12-13,34H,5-8,11H2,1-4H3,(H2,25,26,27,28)/t13-/m1/s1. The van der Waals surface area contributed by atoms with Gasteiger partial charge in [-0.25, -0.2) is 18.6 Å². The molecule has 0 unspecified atom stereocenters. The van der Waals surface area contributed by atoms with Gasteiger partial charge in [-0.3, -0.25) is 4.90 Å². The van der Waals surface area contributed by atoms with Crippen LogP contribution in [0.15, 0.2) is 23.1 Å². The minimum Gasteiger partial charge on any atom is -0.506 e. The van der Waals surface area contributed by atoms with Gasteiger partial charge in [0.15, 0.2) is 17.5 Å². The number of tetrazole rings is 1. The first-order valence-corrected chi connectivity index (χ1v) is 11.4. The summed E-state index contributed by atoms with van der Waals surface area (Å²) in [4.78, 5) is 22.7. The maximum absolute atomic E-state index is 14.6. The van der Waals surface area contributed by atoms with Crippen LogP contribution in [0.2, 0.25) is 0 Å². The van der Waals surface area contributed by atoms with Crippen molar-refractivity contribution in [1.29, 1.82) is 0 Å². The Morgan fingerprint density at radius 1 is 1.23 bits per heavy atom. The van der Waals surface area contributed by atoms with Crippen LogP contribution in [0.3, 0.4) is 0 Å². The van der Waals surface area contributed by atoms with Gasteiger partial charge in [-0.2, -0.15) is 14.3 Å². The van der Waals surface area contributed by atoms with Crippen molar-refractivity contribution in [3.8, 4) is 11.4 Å². The number of aromatic hydroxyl groups is 1. The largest absolute Gasteiger partial charge is 0.506 e. The molecule has 188 valence electrons. The van der Waals surface area contributed by atoms with Gasteiger partial charge >= 0.3 is 5.69 Å². The van der Waals surface area contributed by atoms with E-state index in [1.165, 1.54) is 13.1 Å². The van der Waals surface area contributed by atoms with Gasteiger partial charge in [-0.1, -0.05) is 6.92 Å². The van der Waals surface area contributed by atoms with Crippen LogP contribution in [0.25, 0.3) is 5.69 Å². The van der Waals surface area contributed by atoms with Gasteiger partial charge in [0.25, 0.3) is 0 Å². The van der Waals surface area contributed by atoms with Crippen molar-refractivity contribution in [2.45, 2.75) is 51.6 Å². The van der Waals surface area contributed by atoms with Crippen molar-refractivity contribution in [2.75, 3.05) is 23.7 Å². The molecule has 1 aliphatic heterocycles. The van der Waals surface area contributed by atoms with Crippen molar-refractivity contribution in [3.05, 3.63) is 40.4 Å². The maximum atomic E-state index is 14.6. The molecular formula is C22H29F2N9O2. The van der Waals surface area contributed by atoms with Crippen LogP contribution in [-0.4, -0.2) is 64.4 Å². The summed E-state index contributed by atoms with van der Waals surface area (Å²) in [7, 11) is 1.39. The summed E-state index contributed by atoms with van der Waals surface area (Å²) in [5.41, 5.74) is -0.897. The zero-order valence-corrected chi connectivity index (χ0v) is 20.1. The molecule has 0 aliphatic carbocycles. The van der Waals surface area contributed by atoms with E-state index in [2.05, 4.69) is 56.7 Å². The van der Waals surface area contributed by atoms with E-state index in [9.17, 15) is 18.7 Å². The molecule has 2 aromatic heterocycles. The van der Waals surface area contributed by atoms with E-state index in [0.717, 1.165) is 54.0 Å². The zero-order valence-electron chi connectivity index (χ0n) is 20.1. The Balaban J connectivity index is 1.55. The first kappa shape index (κ1) is 24.5. The highest BCUT2D eigenvalue weighted by Gasteiger charge is 2.34. The average Bonchev–Trinajstić information content (AvgIpc) is 3.12. The molecule has 11 nitrogen and oxygen atoms in total. The fraction of sp³-hybridized carbons (Fsp3) is 0.500. The fourth-order valence-electron chi connectivity index (χ4n) is 4.38. The van der Waals surface area contributed by atoms with E-state index in [-0.39, 0.29) is 34.7 Å². The van der Waals surface area contributed by atoms with Crippen LogP contribution >= 0.6 is 0 Å². The maximum Gasteiger partial charge on any atom is 0.368 e. The van der Waals surface area contributed by atoms with E-state index in [1.54, 1.807) is 0 Å². The summed E-state index contributed by atoms with van der Waals surface area (Å²) < 4.78 is 30.9. The number of phenolic OH excluding ortho intramolecular Hbond substituents is 1. The average molecular weight is 490 g/mol. The highest BCUT2D eigenvalue weighted by Crippen LogP contribution is 2.31. The van der Waals surface area contributed by atoms with Crippen LogP contribution in [0.4, 0.5) is 26.2 Å². The molecule has 0 amide bonds. The highest BCUT2D eigenvalue weighted by molar-refractivity contribution is 5.63. The second-order valence-corrected chi connectivity index (χ2v) is 9.27. The third kappa shape index (κ3) is 5.09. The van der Waals surface area contributed by atoms with Gasteiger partial charge in [-0.15, -0.1) is 0 Å². The van der Waals surface area contributed by atoms with Crippen LogP contribution in [0.1, 0.15) is 40.0 Å². The molecule has 0 saturated carbocycles.